The Morgan fingerprint density at radius 3 is 2.39 bits per heavy atom. The van der Waals surface area contributed by atoms with Crippen LogP contribution in [-0.2, 0) is 19.1 Å². The lowest BCUT2D eigenvalue weighted by Gasteiger charge is -2.09. The van der Waals surface area contributed by atoms with Crippen LogP contribution in [-0.4, -0.2) is 37.1 Å². The normalized spacial score (nSPS) is 10.9. The molecule has 0 fully saturated rings. The van der Waals surface area contributed by atoms with Crippen molar-refractivity contribution in [2.75, 3.05) is 13.7 Å². The average molecular weight is 403 g/mol. The van der Waals surface area contributed by atoms with E-state index in [0.717, 1.165) is 12.7 Å². The first-order chi connectivity index (χ1) is 13.4. The number of ketones is 1. The summed E-state index contributed by atoms with van der Waals surface area (Å²) in [6.07, 6.45) is -0.318. The molecule has 2 aromatic rings. The number of benzene rings is 2. The van der Waals surface area contributed by atoms with Crippen LogP contribution in [0, 0.1) is 6.92 Å². The number of methoxy groups -OCH3 is 1. The Hall–Kier alpha value is -3.19. The summed E-state index contributed by atoms with van der Waals surface area (Å²) < 4.78 is 9.76. The van der Waals surface area contributed by atoms with Gasteiger partial charge in [0.2, 0.25) is 5.78 Å². The van der Waals surface area contributed by atoms with Crippen LogP contribution in [0.15, 0.2) is 53.6 Å². The molecular formula is C20H19ClN2O5. The van der Waals surface area contributed by atoms with Gasteiger partial charge >= 0.3 is 5.97 Å². The Morgan fingerprint density at radius 2 is 1.75 bits per heavy atom. The summed E-state index contributed by atoms with van der Waals surface area (Å²) in [6, 6.07) is 13.9. The topological polar surface area (TPSA) is 94.1 Å². The van der Waals surface area contributed by atoms with Gasteiger partial charge in [0.05, 0.1) is 24.3 Å². The van der Waals surface area contributed by atoms with E-state index in [4.69, 9.17) is 16.3 Å². The smallest absolute Gasteiger partial charge is 0.374 e. The number of ether oxygens (including phenoxy) is 2. The van der Waals surface area contributed by atoms with E-state index in [1.165, 1.54) is 0 Å². The Kier molecular flexibility index (Phi) is 7.71. The summed E-state index contributed by atoms with van der Waals surface area (Å²) in [5, 5.41) is 4.37. The molecule has 0 aliphatic heterocycles. The fourth-order valence-corrected chi connectivity index (χ4v) is 2.35. The molecule has 28 heavy (non-hydrogen) atoms. The van der Waals surface area contributed by atoms with E-state index < -0.39 is 17.7 Å². The standard InChI is InChI=1S/C20H19ClN2O5/c1-13-7-9-14(10-8-13)16(11-17(24)20(26)27-2)22-23-19(25)12-28-18-6-4-3-5-15(18)21/h3-10H,11-12H2,1-2H3,(H,23,25)/b22-16+. The van der Waals surface area contributed by atoms with Gasteiger partial charge in [-0.15, -0.1) is 0 Å². The molecule has 1 N–H and O–H groups in total. The van der Waals surface area contributed by atoms with Gasteiger partial charge < -0.3 is 9.47 Å². The molecule has 146 valence electrons. The molecule has 0 radical (unpaired) electrons. The molecule has 0 aliphatic rings. The van der Waals surface area contributed by atoms with E-state index >= 15 is 0 Å². The van der Waals surface area contributed by atoms with Crippen LogP contribution in [0.1, 0.15) is 17.5 Å². The molecule has 0 aliphatic carbocycles. The largest absolute Gasteiger partial charge is 0.482 e. The third kappa shape index (κ3) is 6.21. The number of nitrogens with one attached hydrogen (secondary N) is 1. The maximum absolute atomic E-state index is 12.0. The SMILES string of the molecule is COC(=O)C(=O)C/C(=N\NC(=O)COc1ccccc1Cl)c1ccc(C)cc1. The highest BCUT2D eigenvalue weighted by Gasteiger charge is 2.18. The van der Waals surface area contributed by atoms with Crippen molar-refractivity contribution in [1.29, 1.82) is 0 Å². The lowest BCUT2D eigenvalue weighted by atomic mass is 10.0. The van der Waals surface area contributed by atoms with Crippen molar-refractivity contribution in [2.45, 2.75) is 13.3 Å². The highest BCUT2D eigenvalue weighted by Crippen LogP contribution is 2.22. The van der Waals surface area contributed by atoms with E-state index in [1.54, 1.807) is 36.4 Å². The molecule has 0 aromatic heterocycles. The molecule has 0 unspecified atom stereocenters. The van der Waals surface area contributed by atoms with Crippen LogP contribution in [0.25, 0.3) is 0 Å². The van der Waals surface area contributed by atoms with Gasteiger partial charge in [-0.3, -0.25) is 9.59 Å². The predicted octanol–water partition coefficient (Wildman–Crippen LogP) is 2.68. The second kappa shape index (κ2) is 10.2. The van der Waals surface area contributed by atoms with Crippen LogP contribution in [0.4, 0.5) is 0 Å². The maximum Gasteiger partial charge on any atom is 0.374 e. The number of hydrogen-bond acceptors (Lipinski definition) is 6. The van der Waals surface area contributed by atoms with Gasteiger partial charge in [0, 0.05) is 0 Å². The molecule has 0 saturated heterocycles. The molecule has 0 saturated carbocycles. The van der Waals surface area contributed by atoms with Crippen molar-refractivity contribution < 1.29 is 23.9 Å². The number of hydrazone groups is 1. The monoisotopic (exact) mass is 402 g/mol. The molecule has 0 atom stereocenters. The number of hydrogen-bond donors (Lipinski definition) is 1. The predicted molar refractivity (Wildman–Crippen MR) is 104 cm³/mol. The summed E-state index contributed by atoms with van der Waals surface area (Å²) in [5.41, 5.74) is 4.15. The van der Waals surface area contributed by atoms with Crippen LogP contribution < -0.4 is 10.2 Å². The summed E-state index contributed by atoms with van der Waals surface area (Å²) in [7, 11) is 1.12. The van der Waals surface area contributed by atoms with Crippen molar-refractivity contribution in [3.05, 3.63) is 64.7 Å². The Labute approximate surface area is 167 Å². The van der Waals surface area contributed by atoms with E-state index in [9.17, 15) is 14.4 Å². The molecule has 0 spiro atoms. The molecule has 0 bridgehead atoms. The lowest BCUT2D eigenvalue weighted by Crippen LogP contribution is -2.27. The minimum absolute atomic E-state index is 0.224. The summed E-state index contributed by atoms with van der Waals surface area (Å²) >= 11 is 5.96. The Morgan fingerprint density at radius 1 is 1.07 bits per heavy atom. The van der Waals surface area contributed by atoms with E-state index in [1.807, 2.05) is 19.1 Å². The third-order valence-corrected chi connectivity index (χ3v) is 3.95. The first-order valence-corrected chi connectivity index (χ1v) is 8.69. The zero-order valence-electron chi connectivity index (χ0n) is 15.4. The number of esters is 1. The molecule has 2 rings (SSSR count). The van der Waals surface area contributed by atoms with Crippen molar-refractivity contribution in [2.24, 2.45) is 5.10 Å². The minimum atomic E-state index is -0.979. The molecule has 8 heteroatoms. The highest BCUT2D eigenvalue weighted by molar-refractivity contribution is 6.38. The first-order valence-electron chi connectivity index (χ1n) is 8.31. The van der Waals surface area contributed by atoms with Crippen molar-refractivity contribution in [3.8, 4) is 5.75 Å². The fraction of sp³-hybridized carbons (Fsp3) is 0.200. The van der Waals surface area contributed by atoms with E-state index in [2.05, 4.69) is 15.3 Å². The van der Waals surface area contributed by atoms with Crippen molar-refractivity contribution in [3.63, 3.8) is 0 Å². The number of aryl methyl sites for hydroxylation is 1. The number of para-hydroxylation sites is 1. The van der Waals surface area contributed by atoms with Crippen molar-refractivity contribution in [1.82, 2.24) is 5.43 Å². The number of carbonyl (C=O) groups is 3. The average Bonchev–Trinajstić information content (AvgIpc) is 2.70. The quantitative estimate of drug-likeness (QED) is 0.317. The lowest BCUT2D eigenvalue weighted by molar-refractivity contribution is -0.151. The zero-order chi connectivity index (χ0) is 20.5. The second-order valence-corrected chi connectivity index (χ2v) is 6.18. The number of amides is 1. The molecule has 2 aromatic carbocycles. The fourth-order valence-electron chi connectivity index (χ4n) is 2.16. The van der Waals surface area contributed by atoms with Gasteiger partial charge in [0.1, 0.15) is 5.75 Å². The van der Waals surface area contributed by atoms with Crippen LogP contribution in [0.2, 0.25) is 5.02 Å². The summed E-state index contributed by atoms with van der Waals surface area (Å²) in [4.78, 5) is 35.4. The highest BCUT2D eigenvalue weighted by atomic mass is 35.5. The third-order valence-electron chi connectivity index (χ3n) is 3.64. The van der Waals surface area contributed by atoms with Gasteiger partial charge in [-0.2, -0.15) is 5.10 Å². The minimum Gasteiger partial charge on any atom is -0.482 e. The van der Waals surface area contributed by atoms with Crippen molar-refractivity contribution >= 4 is 35.0 Å². The van der Waals surface area contributed by atoms with Crippen LogP contribution in [0.5, 0.6) is 5.75 Å². The van der Waals surface area contributed by atoms with Gasteiger partial charge in [-0.25, -0.2) is 10.2 Å². The summed E-state index contributed by atoms with van der Waals surface area (Å²) in [6.45, 7) is 1.59. The van der Waals surface area contributed by atoms with Gasteiger partial charge in [-0.05, 0) is 24.6 Å². The Balaban J connectivity index is 2.08. The number of halogens is 1. The van der Waals surface area contributed by atoms with Crippen LogP contribution >= 0.6 is 11.6 Å². The van der Waals surface area contributed by atoms with E-state index in [-0.39, 0.29) is 18.7 Å². The number of nitrogens with zero attached hydrogens (tertiary/aromatic N) is 1. The van der Waals surface area contributed by atoms with Gasteiger partial charge in [-0.1, -0.05) is 53.6 Å². The second-order valence-electron chi connectivity index (χ2n) is 5.77. The van der Waals surface area contributed by atoms with E-state index in [0.29, 0.717) is 16.3 Å². The molecule has 0 heterocycles. The number of Topliss-reactive ketones (excluding diaryl/α,β-unsaturated/α-hetero) is 1. The zero-order valence-corrected chi connectivity index (χ0v) is 16.2. The van der Waals surface area contributed by atoms with Gasteiger partial charge in [0.15, 0.2) is 6.61 Å². The molecule has 7 nitrogen and oxygen atoms in total. The van der Waals surface area contributed by atoms with Crippen LogP contribution in [0.3, 0.4) is 0 Å². The molecule has 1 amide bonds. The summed E-state index contributed by atoms with van der Waals surface area (Å²) in [5.74, 6) is -1.94. The first kappa shape index (κ1) is 21.1. The Bertz CT molecular complexity index is 894. The maximum atomic E-state index is 12.0. The number of carbonyl (C=O) groups excluding carboxylic acids is 3. The van der Waals surface area contributed by atoms with Gasteiger partial charge in [0.25, 0.3) is 5.91 Å². The molecular weight excluding hydrogens is 384 g/mol. The number of rotatable bonds is 8.